The molecule has 0 fully saturated rings. The molecule has 2 aromatic carbocycles. The highest BCUT2D eigenvalue weighted by atomic mass is 14.4. The van der Waals surface area contributed by atoms with Crippen molar-refractivity contribution in [3.63, 3.8) is 0 Å². The van der Waals surface area contributed by atoms with Crippen molar-refractivity contribution in [2.75, 3.05) is 0 Å². The van der Waals surface area contributed by atoms with Crippen molar-refractivity contribution in [3.05, 3.63) is 133 Å². The monoisotopic (exact) mass is 362 g/mol. The molecule has 0 radical (unpaired) electrons. The Morgan fingerprint density at radius 3 is 1.82 bits per heavy atom. The third-order valence-electron chi connectivity index (χ3n) is 5.99. The van der Waals surface area contributed by atoms with Gasteiger partial charge >= 0.3 is 0 Å². The van der Waals surface area contributed by atoms with Crippen LogP contribution in [0.1, 0.15) is 25.0 Å². The fourth-order valence-electron chi connectivity index (χ4n) is 3.89. The molecule has 0 N–H and O–H groups in total. The zero-order valence-electron chi connectivity index (χ0n) is 16.5. The second kappa shape index (κ2) is 7.48. The molecule has 0 bridgehead atoms. The fraction of sp³-hybridized carbons (Fsp3) is 0.143. The van der Waals surface area contributed by atoms with E-state index in [4.69, 9.17) is 0 Å². The molecular weight excluding hydrogens is 336 g/mol. The number of rotatable bonds is 3. The molecule has 0 aromatic heterocycles. The molecule has 0 spiro atoms. The van der Waals surface area contributed by atoms with Crippen molar-refractivity contribution in [1.82, 2.24) is 0 Å². The van der Waals surface area contributed by atoms with Crippen LogP contribution in [0, 0.1) is 10.8 Å². The highest BCUT2D eigenvalue weighted by Crippen LogP contribution is 2.48. The number of hydrogen-bond acceptors (Lipinski definition) is 0. The Labute approximate surface area is 168 Å². The Kier molecular flexibility index (Phi) is 4.88. The van der Waals surface area contributed by atoms with Crippen LogP contribution in [-0.4, -0.2) is 0 Å². The summed E-state index contributed by atoms with van der Waals surface area (Å²) in [7, 11) is 0. The summed E-state index contributed by atoms with van der Waals surface area (Å²) in [4.78, 5) is 0. The summed E-state index contributed by atoms with van der Waals surface area (Å²) in [6.45, 7) is 4.64. The van der Waals surface area contributed by atoms with Crippen LogP contribution < -0.4 is 0 Å². The van der Waals surface area contributed by atoms with E-state index >= 15 is 0 Å². The third-order valence-corrected chi connectivity index (χ3v) is 5.99. The standard InChI is InChI=1S/C28H26/c1-27(20-11-17-25(18-21-27)23-12-5-3-6-13-23)28(2)19-10-9-16-26(22-28)24-14-7-4-8-15-24/h3-22H,1-2H3. The van der Waals surface area contributed by atoms with Gasteiger partial charge < -0.3 is 0 Å². The fourth-order valence-corrected chi connectivity index (χ4v) is 3.89. The van der Waals surface area contributed by atoms with Crippen LogP contribution in [-0.2, 0) is 0 Å². The van der Waals surface area contributed by atoms with Crippen LogP contribution in [0.25, 0.3) is 11.1 Å². The maximum absolute atomic E-state index is 2.41. The average molecular weight is 363 g/mol. The summed E-state index contributed by atoms with van der Waals surface area (Å²) in [5.41, 5.74) is 4.72. The maximum Gasteiger partial charge on any atom is 0.0168 e. The normalized spacial score (nSPS) is 26.4. The molecule has 0 amide bonds. The molecule has 0 nitrogen and oxygen atoms in total. The molecule has 2 atom stereocenters. The van der Waals surface area contributed by atoms with Gasteiger partial charge in [-0.1, -0.05) is 135 Å². The molecule has 2 aliphatic rings. The van der Waals surface area contributed by atoms with E-state index in [1.807, 2.05) is 0 Å². The first kappa shape index (κ1) is 18.3. The summed E-state index contributed by atoms with van der Waals surface area (Å²) < 4.78 is 0. The van der Waals surface area contributed by atoms with E-state index in [2.05, 4.69) is 135 Å². The molecule has 2 aromatic rings. The van der Waals surface area contributed by atoms with E-state index in [1.54, 1.807) is 0 Å². The van der Waals surface area contributed by atoms with E-state index in [9.17, 15) is 0 Å². The van der Waals surface area contributed by atoms with Crippen LogP contribution in [0.15, 0.2) is 121 Å². The third kappa shape index (κ3) is 3.51. The minimum atomic E-state index is -0.144. The number of benzene rings is 2. The first-order valence-electron chi connectivity index (χ1n) is 9.88. The van der Waals surface area contributed by atoms with Crippen molar-refractivity contribution in [1.29, 1.82) is 0 Å². The van der Waals surface area contributed by atoms with Gasteiger partial charge in [0.15, 0.2) is 0 Å². The van der Waals surface area contributed by atoms with Gasteiger partial charge in [0.1, 0.15) is 0 Å². The van der Waals surface area contributed by atoms with E-state index in [0.717, 1.165) is 0 Å². The van der Waals surface area contributed by atoms with E-state index < -0.39 is 0 Å². The quantitative estimate of drug-likeness (QED) is 0.533. The maximum atomic E-state index is 2.41. The average Bonchev–Trinajstić information content (AvgIpc) is 3.07. The van der Waals surface area contributed by atoms with Crippen molar-refractivity contribution in [2.45, 2.75) is 13.8 Å². The van der Waals surface area contributed by atoms with Crippen molar-refractivity contribution in [2.24, 2.45) is 10.8 Å². The largest absolute Gasteiger partial charge is 0.0736 e. The summed E-state index contributed by atoms with van der Waals surface area (Å²) in [5.74, 6) is 0. The van der Waals surface area contributed by atoms with Gasteiger partial charge in [0.25, 0.3) is 0 Å². The molecule has 0 saturated heterocycles. The lowest BCUT2D eigenvalue weighted by atomic mass is 9.64. The van der Waals surface area contributed by atoms with Crippen LogP contribution in [0.4, 0.5) is 0 Å². The molecule has 0 aliphatic heterocycles. The van der Waals surface area contributed by atoms with Gasteiger partial charge in [-0.2, -0.15) is 0 Å². The predicted molar refractivity (Wildman–Crippen MR) is 122 cm³/mol. The molecule has 138 valence electrons. The van der Waals surface area contributed by atoms with Gasteiger partial charge in [-0.15, -0.1) is 0 Å². The van der Waals surface area contributed by atoms with Crippen LogP contribution in [0.2, 0.25) is 0 Å². The van der Waals surface area contributed by atoms with E-state index in [1.165, 1.54) is 22.3 Å². The lowest BCUT2D eigenvalue weighted by Crippen LogP contribution is -2.31. The summed E-state index contributed by atoms with van der Waals surface area (Å²) >= 11 is 0. The smallest absolute Gasteiger partial charge is 0.0168 e. The Morgan fingerprint density at radius 1 is 0.536 bits per heavy atom. The minimum Gasteiger partial charge on any atom is -0.0736 e. The molecule has 4 rings (SSSR count). The second-order valence-corrected chi connectivity index (χ2v) is 7.93. The van der Waals surface area contributed by atoms with E-state index in [0.29, 0.717) is 0 Å². The highest BCUT2D eigenvalue weighted by Gasteiger charge is 2.38. The van der Waals surface area contributed by atoms with Crippen LogP contribution >= 0.6 is 0 Å². The van der Waals surface area contributed by atoms with Crippen LogP contribution in [0.5, 0.6) is 0 Å². The van der Waals surface area contributed by atoms with Gasteiger partial charge in [0, 0.05) is 10.8 Å². The second-order valence-electron chi connectivity index (χ2n) is 7.93. The highest BCUT2D eigenvalue weighted by molar-refractivity contribution is 5.78. The van der Waals surface area contributed by atoms with Gasteiger partial charge in [-0.25, -0.2) is 0 Å². The molecule has 2 unspecified atom stereocenters. The van der Waals surface area contributed by atoms with Gasteiger partial charge in [0.05, 0.1) is 0 Å². The SMILES string of the molecule is CC1(C2(C)C=CC=CC(c3ccccc3)=C2)C=CC=C(c2ccccc2)C=C1. The van der Waals surface area contributed by atoms with Crippen molar-refractivity contribution in [3.8, 4) is 0 Å². The van der Waals surface area contributed by atoms with Crippen molar-refractivity contribution >= 4 is 11.1 Å². The van der Waals surface area contributed by atoms with Crippen LogP contribution in [0.3, 0.4) is 0 Å². The molecule has 2 aliphatic carbocycles. The molecule has 0 saturated carbocycles. The Bertz CT molecular complexity index is 1010. The molecule has 0 heterocycles. The van der Waals surface area contributed by atoms with Gasteiger partial charge in [0.2, 0.25) is 0 Å². The molecule has 0 heteroatoms. The Balaban J connectivity index is 1.73. The minimum absolute atomic E-state index is 0.136. The lowest BCUT2D eigenvalue weighted by molar-refractivity contribution is 0.318. The molecule has 28 heavy (non-hydrogen) atoms. The number of hydrogen-bond donors (Lipinski definition) is 0. The zero-order valence-corrected chi connectivity index (χ0v) is 16.5. The number of allylic oxidation sites excluding steroid dienone is 12. The Morgan fingerprint density at radius 2 is 1.14 bits per heavy atom. The summed E-state index contributed by atoms with van der Waals surface area (Å²) in [6, 6.07) is 21.2. The lowest BCUT2D eigenvalue weighted by Gasteiger charge is -2.39. The first-order valence-corrected chi connectivity index (χ1v) is 9.88. The van der Waals surface area contributed by atoms with Gasteiger partial charge in [-0.3, -0.25) is 0 Å². The Hall–Kier alpha value is -3.12. The summed E-state index contributed by atoms with van der Waals surface area (Å²) in [5, 5.41) is 0. The zero-order chi connectivity index (χ0) is 19.5. The molecular formula is C28H26. The summed E-state index contributed by atoms with van der Waals surface area (Å²) in [6.07, 6.45) is 22.6. The van der Waals surface area contributed by atoms with Gasteiger partial charge in [-0.05, 0) is 22.3 Å². The topological polar surface area (TPSA) is 0 Å². The van der Waals surface area contributed by atoms with E-state index in [-0.39, 0.29) is 10.8 Å². The first-order chi connectivity index (χ1) is 13.6. The predicted octanol–water partition coefficient (Wildman–Crippen LogP) is 7.42. The van der Waals surface area contributed by atoms with Crippen molar-refractivity contribution < 1.29 is 0 Å².